The van der Waals surface area contributed by atoms with Crippen LogP contribution >= 0.6 is 11.8 Å². The van der Waals surface area contributed by atoms with Gasteiger partial charge in [-0.25, -0.2) is 0 Å². The molecule has 0 fully saturated rings. The fourth-order valence-corrected chi connectivity index (χ4v) is 3.74. The Balaban J connectivity index is 1.53. The number of hydrogen-bond donors (Lipinski definition) is 0. The van der Waals surface area contributed by atoms with E-state index in [-0.39, 0.29) is 0 Å². The third-order valence-corrected chi connectivity index (χ3v) is 5.50. The van der Waals surface area contributed by atoms with Gasteiger partial charge in [0.1, 0.15) is 5.75 Å². The molecule has 0 saturated carbocycles. The molecule has 0 aliphatic rings. The number of alkyl halides is 3. The van der Waals surface area contributed by atoms with Gasteiger partial charge < -0.3 is 9.30 Å². The van der Waals surface area contributed by atoms with E-state index in [0.29, 0.717) is 34.0 Å². The van der Waals surface area contributed by atoms with E-state index in [0.717, 1.165) is 17.7 Å². The van der Waals surface area contributed by atoms with Crippen LogP contribution in [0.4, 0.5) is 13.2 Å². The van der Waals surface area contributed by atoms with Crippen molar-refractivity contribution in [2.75, 3.05) is 7.11 Å². The zero-order valence-corrected chi connectivity index (χ0v) is 17.2. The normalized spacial score (nSPS) is 11.6. The van der Waals surface area contributed by atoms with Crippen molar-refractivity contribution < 1.29 is 17.9 Å². The molecule has 0 atom stereocenters. The molecule has 0 amide bonds. The third-order valence-electron chi connectivity index (χ3n) is 4.49. The van der Waals surface area contributed by atoms with Gasteiger partial charge in [0, 0.05) is 7.05 Å². The van der Waals surface area contributed by atoms with Crippen LogP contribution in [0.1, 0.15) is 11.4 Å². The molecule has 0 aliphatic heterocycles. The van der Waals surface area contributed by atoms with E-state index in [1.54, 1.807) is 7.11 Å². The summed E-state index contributed by atoms with van der Waals surface area (Å²) in [5, 5.41) is 20.6. The molecule has 0 unspecified atom stereocenters. The molecule has 31 heavy (non-hydrogen) atoms. The largest absolute Gasteiger partial charge is 0.496 e. The van der Waals surface area contributed by atoms with Crippen LogP contribution in [0.15, 0.2) is 53.7 Å². The Labute approximate surface area is 179 Å². The van der Waals surface area contributed by atoms with Crippen LogP contribution in [0.2, 0.25) is 0 Å². The minimum absolute atomic E-state index is 0.339. The van der Waals surface area contributed by atoms with Crippen LogP contribution < -0.4 is 4.74 Å². The zero-order chi connectivity index (χ0) is 22.0. The standard InChI is InChI=1S/C19H16F3N7OS/c1-28-17(14-5-3-4-6-15(14)30-2)24-25-18(28)31-11-16-23-26-27-29(16)13-9-7-12(8-10-13)19(20,21)22/h3-10H,11H2,1-2H3. The minimum Gasteiger partial charge on any atom is -0.496 e. The second-order valence-electron chi connectivity index (χ2n) is 6.41. The lowest BCUT2D eigenvalue weighted by Crippen LogP contribution is -2.07. The molecule has 160 valence electrons. The predicted molar refractivity (Wildman–Crippen MR) is 107 cm³/mol. The highest BCUT2D eigenvalue weighted by Crippen LogP contribution is 2.31. The van der Waals surface area contributed by atoms with Gasteiger partial charge >= 0.3 is 6.18 Å². The molecular weight excluding hydrogens is 431 g/mol. The Bertz CT molecular complexity index is 1190. The molecule has 4 rings (SSSR count). The van der Waals surface area contributed by atoms with E-state index in [1.807, 2.05) is 35.9 Å². The van der Waals surface area contributed by atoms with Crippen molar-refractivity contribution in [2.45, 2.75) is 17.1 Å². The lowest BCUT2D eigenvalue weighted by molar-refractivity contribution is -0.137. The van der Waals surface area contributed by atoms with E-state index in [2.05, 4.69) is 25.7 Å². The monoisotopic (exact) mass is 447 g/mol. The Morgan fingerprint density at radius 3 is 2.45 bits per heavy atom. The van der Waals surface area contributed by atoms with Gasteiger partial charge in [-0.3, -0.25) is 0 Å². The molecule has 8 nitrogen and oxygen atoms in total. The first-order valence-electron chi connectivity index (χ1n) is 8.99. The maximum atomic E-state index is 12.8. The van der Waals surface area contributed by atoms with Crippen LogP contribution in [0.5, 0.6) is 5.75 Å². The summed E-state index contributed by atoms with van der Waals surface area (Å²) in [7, 11) is 3.43. The molecular formula is C19H16F3N7OS. The number of halogens is 3. The van der Waals surface area contributed by atoms with Crippen LogP contribution in [-0.2, 0) is 19.0 Å². The number of tetrazole rings is 1. The maximum absolute atomic E-state index is 12.8. The molecule has 4 aromatic rings. The van der Waals surface area contributed by atoms with E-state index in [9.17, 15) is 13.2 Å². The number of para-hydroxylation sites is 1. The lowest BCUT2D eigenvalue weighted by Gasteiger charge is -2.09. The molecule has 12 heteroatoms. The molecule has 0 spiro atoms. The van der Waals surface area contributed by atoms with E-state index in [1.165, 1.54) is 28.6 Å². The van der Waals surface area contributed by atoms with Gasteiger partial charge in [0.25, 0.3) is 0 Å². The third kappa shape index (κ3) is 4.24. The molecule has 2 aromatic carbocycles. The molecule has 0 saturated heterocycles. The summed E-state index contributed by atoms with van der Waals surface area (Å²) in [6.07, 6.45) is -4.40. The summed E-state index contributed by atoms with van der Waals surface area (Å²) in [5.74, 6) is 2.13. The summed E-state index contributed by atoms with van der Waals surface area (Å²) in [5.41, 5.74) is 0.505. The van der Waals surface area contributed by atoms with E-state index < -0.39 is 11.7 Å². The number of nitrogens with zero attached hydrogens (tertiary/aromatic N) is 7. The van der Waals surface area contributed by atoms with Gasteiger partial charge in [0.15, 0.2) is 16.8 Å². The summed E-state index contributed by atoms with van der Waals surface area (Å²) >= 11 is 1.36. The Hall–Kier alpha value is -3.41. The SMILES string of the molecule is COc1ccccc1-c1nnc(SCc2nnnn2-c2ccc(C(F)(F)F)cc2)n1C. The quantitative estimate of drug-likeness (QED) is 0.416. The first-order chi connectivity index (χ1) is 14.9. The Morgan fingerprint density at radius 2 is 1.74 bits per heavy atom. The van der Waals surface area contributed by atoms with Crippen molar-refractivity contribution in [3.05, 3.63) is 59.9 Å². The Kier molecular flexibility index (Phi) is 5.63. The smallest absolute Gasteiger partial charge is 0.416 e. The van der Waals surface area contributed by atoms with Crippen LogP contribution in [0, 0.1) is 0 Å². The average molecular weight is 447 g/mol. The first-order valence-corrected chi connectivity index (χ1v) is 9.97. The number of methoxy groups -OCH3 is 1. The van der Waals surface area contributed by atoms with E-state index in [4.69, 9.17) is 4.74 Å². The number of ether oxygens (including phenoxy) is 1. The second kappa shape index (κ2) is 8.38. The predicted octanol–water partition coefficient (Wildman–Crippen LogP) is 3.78. The van der Waals surface area contributed by atoms with Crippen LogP contribution in [0.3, 0.4) is 0 Å². The van der Waals surface area contributed by atoms with Crippen molar-refractivity contribution in [3.8, 4) is 22.8 Å². The summed E-state index contributed by atoms with van der Waals surface area (Å²) in [6, 6.07) is 12.1. The summed E-state index contributed by atoms with van der Waals surface area (Å²) < 4.78 is 47.0. The van der Waals surface area contributed by atoms with Crippen LogP contribution in [-0.4, -0.2) is 42.1 Å². The van der Waals surface area contributed by atoms with Gasteiger partial charge in [0.2, 0.25) is 0 Å². The van der Waals surface area contributed by atoms with Crippen molar-refractivity contribution in [3.63, 3.8) is 0 Å². The van der Waals surface area contributed by atoms with Crippen molar-refractivity contribution in [1.29, 1.82) is 0 Å². The lowest BCUT2D eigenvalue weighted by atomic mass is 10.2. The molecule has 2 heterocycles. The molecule has 0 bridgehead atoms. The topological polar surface area (TPSA) is 83.5 Å². The number of rotatable bonds is 6. The van der Waals surface area contributed by atoms with Crippen molar-refractivity contribution in [1.82, 2.24) is 35.0 Å². The van der Waals surface area contributed by atoms with Gasteiger partial charge in [-0.05, 0) is 46.8 Å². The molecule has 0 aliphatic carbocycles. The van der Waals surface area contributed by atoms with Gasteiger partial charge in [0.05, 0.1) is 29.7 Å². The van der Waals surface area contributed by atoms with Gasteiger partial charge in [-0.15, -0.1) is 15.3 Å². The van der Waals surface area contributed by atoms with E-state index >= 15 is 0 Å². The van der Waals surface area contributed by atoms with Crippen molar-refractivity contribution in [2.24, 2.45) is 7.05 Å². The van der Waals surface area contributed by atoms with Gasteiger partial charge in [-0.1, -0.05) is 23.9 Å². The summed E-state index contributed by atoms with van der Waals surface area (Å²) in [4.78, 5) is 0. The van der Waals surface area contributed by atoms with Crippen LogP contribution in [0.25, 0.3) is 17.1 Å². The highest BCUT2D eigenvalue weighted by atomic mass is 32.2. The number of thioether (sulfide) groups is 1. The molecule has 0 N–H and O–H groups in total. The fourth-order valence-electron chi connectivity index (χ4n) is 2.92. The summed E-state index contributed by atoms with van der Waals surface area (Å²) in [6.45, 7) is 0. The number of aromatic nitrogens is 7. The zero-order valence-electron chi connectivity index (χ0n) is 16.4. The highest BCUT2D eigenvalue weighted by Gasteiger charge is 2.30. The second-order valence-corrected chi connectivity index (χ2v) is 7.35. The molecule has 0 radical (unpaired) electrons. The Morgan fingerprint density at radius 1 is 1.00 bits per heavy atom. The number of benzene rings is 2. The number of hydrogen-bond acceptors (Lipinski definition) is 7. The highest BCUT2D eigenvalue weighted by molar-refractivity contribution is 7.98. The first kappa shape index (κ1) is 20.8. The average Bonchev–Trinajstić information content (AvgIpc) is 3.38. The van der Waals surface area contributed by atoms with Gasteiger partial charge in [-0.2, -0.15) is 17.9 Å². The van der Waals surface area contributed by atoms with Crippen molar-refractivity contribution >= 4 is 11.8 Å². The molecule has 2 aromatic heterocycles. The fraction of sp³-hybridized carbons (Fsp3) is 0.211. The maximum Gasteiger partial charge on any atom is 0.416 e. The minimum atomic E-state index is -4.40.